The van der Waals surface area contributed by atoms with Crippen molar-refractivity contribution < 1.29 is 66.3 Å². The molecule has 14 nitrogen and oxygen atoms in total. The minimum Gasteiger partial charge on any atom is -0.462 e. The van der Waals surface area contributed by atoms with E-state index in [4.69, 9.17) is 28.5 Å². The van der Waals surface area contributed by atoms with Crippen molar-refractivity contribution in [3.05, 3.63) is 97.2 Å². The quantitative estimate of drug-likeness (QED) is 0.0148. The van der Waals surface area contributed by atoms with Crippen molar-refractivity contribution in [2.45, 2.75) is 167 Å². The van der Waals surface area contributed by atoms with Crippen molar-refractivity contribution >= 4 is 27.6 Å². The molecule has 1 saturated heterocycles. The predicted octanol–water partition coefficient (Wildman–Crippen LogP) is 11.1. The van der Waals surface area contributed by atoms with Crippen molar-refractivity contribution in [2.75, 3.05) is 26.4 Å². The first-order valence-electron chi connectivity index (χ1n) is 23.1. The van der Waals surface area contributed by atoms with Gasteiger partial charge in [0.1, 0.15) is 12.7 Å². The first kappa shape index (κ1) is 59.0. The van der Waals surface area contributed by atoms with Crippen LogP contribution in [0.4, 0.5) is 0 Å². The number of rotatable bonds is 41. The van der Waals surface area contributed by atoms with Crippen LogP contribution in [-0.4, -0.2) is 82.6 Å². The van der Waals surface area contributed by atoms with Gasteiger partial charge < -0.3 is 34.0 Å². The Bertz CT molecular complexity index is 1560. The van der Waals surface area contributed by atoms with E-state index in [2.05, 4.69) is 89.7 Å². The second-order valence-corrected chi connectivity index (χ2v) is 18.0. The zero-order valence-electron chi connectivity index (χ0n) is 38.3. The number of epoxide rings is 1. The lowest BCUT2D eigenvalue weighted by Gasteiger charge is -2.20. The standard InChI is InChI=1S/C48H78O14P2/c1-3-5-7-9-11-13-14-15-16-17-18-19-20-21-22-24-26-28-33-37-47(50)57-41-44(42-60-64(55,56)59-40-43(49)39-58-63(52,53)54)61-48(51)38-34-30-29-32-36-46-45(62-46)35-31-27-25-23-12-10-8-6-4-2/h11-13,15-16,18-19,21-23,26-29,31-32,43-46,49H,3-10,14,17,20,24-25,30,33-42H2,1-2H3,(H,55,56)(H2,52,53,54)/b13-11-,16-15-,19-18-,22-21-,23-12-,28-26-,31-27-,32-29-/t43-,44+,45?,46?/m0/s1. The fourth-order valence-corrected chi connectivity index (χ4v) is 6.87. The zero-order chi connectivity index (χ0) is 47.0. The van der Waals surface area contributed by atoms with Crippen LogP contribution in [0.25, 0.3) is 0 Å². The number of phosphoric acid groups is 2. The van der Waals surface area contributed by atoms with Crippen molar-refractivity contribution in [1.29, 1.82) is 0 Å². The average Bonchev–Trinajstić information content (AvgIpc) is 4.02. The summed E-state index contributed by atoms with van der Waals surface area (Å²) >= 11 is 0. The summed E-state index contributed by atoms with van der Waals surface area (Å²) in [5.41, 5.74) is 0. The molecule has 1 aliphatic heterocycles. The predicted molar refractivity (Wildman–Crippen MR) is 252 cm³/mol. The van der Waals surface area contributed by atoms with Gasteiger partial charge in [0.05, 0.1) is 32.0 Å². The largest absolute Gasteiger partial charge is 0.472 e. The highest BCUT2D eigenvalue weighted by atomic mass is 31.2. The van der Waals surface area contributed by atoms with Crippen LogP contribution in [0.2, 0.25) is 0 Å². The topological polar surface area (TPSA) is 208 Å². The van der Waals surface area contributed by atoms with E-state index >= 15 is 0 Å². The van der Waals surface area contributed by atoms with E-state index in [1.165, 1.54) is 38.5 Å². The summed E-state index contributed by atoms with van der Waals surface area (Å²) in [5.74, 6) is -1.21. The van der Waals surface area contributed by atoms with Crippen molar-refractivity contribution in [2.24, 2.45) is 0 Å². The van der Waals surface area contributed by atoms with Crippen LogP contribution in [0.1, 0.15) is 142 Å². The Balaban J connectivity index is 2.45. The van der Waals surface area contributed by atoms with Gasteiger partial charge in [-0.05, 0) is 89.9 Å². The lowest BCUT2D eigenvalue weighted by Crippen LogP contribution is -2.29. The van der Waals surface area contributed by atoms with E-state index in [1.807, 2.05) is 30.4 Å². The SMILES string of the molecule is CCCCC/C=C\C/C=C\C/C=C\C/C=C\C/C=C\CCC(=O)OC[C@H](COP(=O)(O)OC[C@@H](O)COP(=O)(O)O)OC(=O)CCC/C=C\CC1OC1C/C=C\C/C=C\CCCCC. The monoisotopic (exact) mass is 940 g/mol. The number of hydrogen-bond donors (Lipinski definition) is 4. The van der Waals surface area contributed by atoms with Gasteiger partial charge in [-0.2, -0.15) is 0 Å². The van der Waals surface area contributed by atoms with Crippen LogP contribution < -0.4 is 0 Å². The summed E-state index contributed by atoms with van der Waals surface area (Å²) in [6.07, 6.45) is 48.7. The Morgan fingerprint density at radius 1 is 0.531 bits per heavy atom. The molecule has 0 amide bonds. The van der Waals surface area contributed by atoms with Crippen LogP contribution in [0.3, 0.4) is 0 Å². The molecule has 0 aliphatic carbocycles. The summed E-state index contributed by atoms with van der Waals surface area (Å²) in [7, 11) is -9.74. The smallest absolute Gasteiger partial charge is 0.462 e. The summed E-state index contributed by atoms with van der Waals surface area (Å²) in [5, 5.41) is 9.76. The molecule has 0 aromatic rings. The lowest BCUT2D eigenvalue weighted by molar-refractivity contribution is -0.161. The molecular formula is C48H78O14P2. The highest BCUT2D eigenvalue weighted by Crippen LogP contribution is 2.44. The van der Waals surface area contributed by atoms with Crippen molar-refractivity contribution in [3.8, 4) is 0 Å². The number of phosphoric ester groups is 2. The number of carbonyl (C=O) groups excluding carboxylic acids is 2. The highest BCUT2D eigenvalue weighted by Gasteiger charge is 2.36. The number of allylic oxidation sites excluding steroid dienone is 14. The van der Waals surface area contributed by atoms with E-state index in [-0.39, 0.29) is 25.0 Å². The Hall–Kier alpha value is -3.00. The third kappa shape index (κ3) is 39.4. The van der Waals surface area contributed by atoms with Gasteiger partial charge in [0.2, 0.25) is 0 Å². The molecular weight excluding hydrogens is 862 g/mol. The first-order chi connectivity index (χ1) is 30.8. The summed E-state index contributed by atoms with van der Waals surface area (Å²) in [4.78, 5) is 52.8. The molecule has 0 aromatic carbocycles. The number of ether oxygens (including phenoxy) is 3. The second-order valence-electron chi connectivity index (χ2n) is 15.4. The molecule has 1 rings (SSSR count). The van der Waals surface area contributed by atoms with Gasteiger partial charge in [0.15, 0.2) is 6.10 Å². The van der Waals surface area contributed by atoms with Crippen LogP contribution in [0, 0.1) is 0 Å². The number of hydrogen-bond acceptors (Lipinski definition) is 11. The van der Waals surface area contributed by atoms with Gasteiger partial charge in [-0.15, -0.1) is 0 Å². The first-order valence-corrected chi connectivity index (χ1v) is 26.1. The molecule has 0 spiro atoms. The number of carbonyl (C=O) groups is 2. The lowest BCUT2D eigenvalue weighted by atomic mass is 10.1. The maximum Gasteiger partial charge on any atom is 0.472 e. The van der Waals surface area contributed by atoms with Gasteiger partial charge in [0, 0.05) is 12.8 Å². The molecule has 16 heteroatoms. The maximum atomic E-state index is 12.7. The average molecular weight is 941 g/mol. The molecule has 1 aliphatic rings. The molecule has 3 unspecified atom stereocenters. The maximum absolute atomic E-state index is 12.7. The Kier molecular flexibility index (Phi) is 36.1. The van der Waals surface area contributed by atoms with Gasteiger partial charge in [0.25, 0.3) is 0 Å². The van der Waals surface area contributed by atoms with E-state index in [0.29, 0.717) is 25.7 Å². The fourth-order valence-electron chi connectivity index (χ4n) is 5.72. The molecule has 64 heavy (non-hydrogen) atoms. The van der Waals surface area contributed by atoms with Crippen LogP contribution in [0.5, 0.6) is 0 Å². The van der Waals surface area contributed by atoms with E-state index < -0.39 is 66.2 Å². The summed E-state index contributed by atoms with van der Waals surface area (Å²) in [6, 6.07) is 0. The number of aliphatic hydroxyl groups is 1. The fraction of sp³-hybridized carbons (Fsp3) is 0.625. The van der Waals surface area contributed by atoms with Crippen LogP contribution in [-0.2, 0) is 46.5 Å². The third-order valence-corrected chi connectivity index (χ3v) is 10.8. The van der Waals surface area contributed by atoms with E-state index in [1.54, 1.807) is 0 Å². The van der Waals surface area contributed by atoms with Crippen LogP contribution in [0.15, 0.2) is 97.2 Å². The molecule has 364 valence electrons. The molecule has 0 bridgehead atoms. The van der Waals surface area contributed by atoms with Gasteiger partial charge in [-0.3, -0.25) is 23.2 Å². The Morgan fingerprint density at radius 2 is 0.969 bits per heavy atom. The van der Waals surface area contributed by atoms with Crippen molar-refractivity contribution in [1.82, 2.24) is 0 Å². The number of unbranched alkanes of at least 4 members (excludes halogenated alkanes) is 7. The molecule has 0 radical (unpaired) electrons. The van der Waals surface area contributed by atoms with Gasteiger partial charge in [-0.25, -0.2) is 9.13 Å². The normalized spacial score (nSPS) is 18.0. The van der Waals surface area contributed by atoms with Gasteiger partial charge in [-0.1, -0.05) is 137 Å². The molecule has 0 saturated carbocycles. The third-order valence-electron chi connectivity index (χ3n) is 9.35. The Morgan fingerprint density at radius 3 is 1.50 bits per heavy atom. The molecule has 5 atom stereocenters. The van der Waals surface area contributed by atoms with E-state index in [9.17, 15) is 28.7 Å². The highest BCUT2D eigenvalue weighted by molar-refractivity contribution is 7.47. The number of aliphatic hydroxyl groups excluding tert-OH is 1. The number of esters is 2. The molecule has 1 heterocycles. The zero-order valence-corrected chi connectivity index (χ0v) is 40.1. The minimum absolute atomic E-state index is 0.0263. The minimum atomic E-state index is -4.88. The van der Waals surface area contributed by atoms with Crippen molar-refractivity contribution in [3.63, 3.8) is 0 Å². The van der Waals surface area contributed by atoms with Crippen LogP contribution >= 0.6 is 15.6 Å². The molecule has 1 fully saturated rings. The summed E-state index contributed by atoms with van der Waals surface area (Å²) in [6.45, 7) is 1.53. The Labute approximate surface area is 383 Å². The summed E-state index contributed by atoms with van der Waals surface area (Å²) < 4.78 is 53.5. The molecule has 0 aromatic heterocycles. The van der Waals surface area contributed by atoms with Gasteiger partial charge >= 0.3 is 27.6 Å². The van der Waals surface area contributed by atoms with E-state index in [0.717, 1.165) is 51.4 Å². The second kappa shape index (κ2) is 39.2. The molecule has 4 N–H and O–H groups in total.